The first-order chi connectivity index (χ1) is 8.39. The molecular weight excluding hydrogens is 247 g/mol. The van der Waals surface area contributed by atoms with Crippen molar-refractivity contribution in [2.45, 2.75) is 26.4 Å². The van der Waals surface area contributed by atoms with Crippen LogP contribution in [0.4, 0.5) is 24.8 Å². The van der Waals surface area contributed by atoms with Crippen molar-refractivity contribution in [3.05, 3.63) is 11.9 Å². The van der Waals surface area contributed by atoms with Crippen molar-refractivity contribution < 1.29 is 13.2 Å². The standard InChI is InChI=1S/C10H16F3N5/c1-3-4-18(5-10(11,12)13)9-7(2)8(17-14)15-6-16-9/h6H,3-5,14H2,1-2H3,(H,15,16,17). The molecule has 5 nitrogen and oxygen atoms in total. The topological polar surface area (TPSA) is 67.1 Å². The Morgan fingerprint density at radius 1 is 1.39 bits per heavy atom. The zero-order valence-electron chi connectivity index (χ0n) is 10.3. The Morgan fingerprint density at radius 3 is 2.56 bits per heavy atom. The van der Waals surface area contributed by atoms with E-state index < -0.39 is 12.7 Å². The molecule has 0 fully saturated rings. The maximum Gasteiger partial charge on any atom is 0.405 e. The van der Waals surface area contributed by atoms with E-state index in [0.29, 0.717) is 17.8 Å². The van der Waals surface area contributed by atoms with Crippen LogP contribution in [-0.4, -0.2) is 29.2 Å². The number of nitrogens with two attached hydrogens (primary N) is 1. The van der Waals surface area contributed by atoms with E-state index in [1.54, 1.807) is 6.92 Å². The number of alkyl halides is 3. The lowest BCUT2D eigenvalue weighted by Crippen LogP contribution is -2.36. The first kappa shape index (κ1) is 14.5. The minimum absolute atomic E-state index is 0.247. The van der Waals surface area contributed by atoms with E-state index in [1.165, 1.54) is 11.2 Å². The van der Waals surface area contributed by atoms with Crippen molar-refractivity contribution >= 4 is 11.6 Å². The summed E-state index contributed by atoms with van der Waals surface area (Å²) in [6, 6.07) is 0. The van der Waals surface area contributed by atoms with Crippen LogP contribution in [0.3, 0.4) is 0 Å². The zero-order valence-corrected chi connectivity index (χ0v) is 10.3. The van der Waals surface area contributed by atoms with Gasteiger partial charge in [-0.3, -0.25) is 0 Å². The van der Waals surface area contributed by atoms with Gasteiger partial charge in [0.25, 0.3) is 0 Å². The lowest BCUT2D eigenvalue weighted by atomic mass is 10.2. The second-order valence-corrected chi connectivity index (χ2v) is 3.85. The molecular formula is C10H16F3N5. The lowest BCUT2D eigenvalue weighted by Gasteiger charge is -2.26. The smallest absolute Gasteiger partial charge is 0.347 e. The molecule has 0 saturated heterocycles. The summed E-state index contributed by atoms with van der Waals surface area (Å²) in [5.41, 5.74) is 2.83. The Morgan fingerprint density at radius 2 is 2.06 bits per heavy atom. The van der Waals surface area contributed by atoms with Gasteiger partial charge in [0.2, 0.25) is 0 Å². The van der Waals surface area contributed by atoms with E-state index in [1.807, 2.05) is 6.92 Å². The predicted molar refractivity (Wildman–Crippen MR) is 63.1 cm³/mol. The lowest BCUT2D eigenvalue weighted by molar-refractivity contribution is -0.119. The summed E-state index contributed by atoms with van der Waals surface area (Å²) in [6.07, 6.45) is -2.50. The highest BCUT2D eigenvalue weighted by molar-refractivity contribution is 5.57. The molecule has 0 aliphatic heterocycles. The Hall–Kier alpha value is -1.57. The van der Waals surface area contributed by atoms with Crippen molar-refractivity contribution in [2.24, 2.45) is 5.84 Å². The van der Waals surface area contributed by atoms with Crippen molar-refractivity contribution in [1.29, 1.82) is 0 Å². The van der Waals surface area contributed by atoms with Gasteiger partial charge < -0.3 is 10.3 Å². The summed E-state index contributed by atoms with van der Waals surface area (Å²) in [4.78, 5) is 8.93. The average molecular weight is 263 g/mol. The number of rotatable bonds is 5. The molecule has 0 bridgehead atoms. The van der Waals surface area contributed by atoms with Gasteiger partial charge in [0, 0.05) is 12.1 Å². The van der Waals surface area contributed by atoms with Crippen molar-refractivity contribution in [2.75, 3.05) is 23.4 Å². The summed E-state index contributed by atoms with van der Waals surface area (Å²) in [5, 5.41) is 0. The summed E-state index contributed by atoms with van der Waals surface area (Å²) in [5.74, 6) is 5.81. The average Bonchev–Trinajstić information content (AvgIpc) is 2.27. The SMILES string of the molecule is CCCN(CC(F)(F)F)c1ncnc(NN)c1C. The third-order valence-corrected chi connectivity index (χ3v) is 2.36. The van der Waals surface area contributed by atoms with Gasteiger partial charge in [0.1, 0.15) is 24.5 Å². The van der Waals surface area contributed by atoms with Gasteiger partial charge in [-0.25, -0.2) is 15.8 Å². The Bertz CT molecular complexity index is 394. The molecule has 0 unspecified atom stereocenters. The summed E-state index contributed by atoms with van der Waals surface area (Å²) in [7, 11) is 0. The van der Waals surface area contributed by atoms with E-state index in [9.17, 15) is 13.2 Å². The van der Waals surface area contributed by atoms with Crippen LogP contribution in [0, 0.1) is 6.92 Å². The number of aromatic nitrogens is 2. The van der Waals surface area contributed by atoms with Crippen LogP contribution >= 0.6 is 0 Å². The van der Waals surface area contributed by atoms with Gasteiger partial charge in [0.15, 0.2) is 0 Å². The normalized spacial score (nSPS) is 11.4. The van der Waals surface area contributed by atoms with Crippen LogP contribution in [0.15, 0.2) is 6.33 Å². The predicted octanol–water partition coefficient (Wildman–Crippen LogP) is 1.85. The number of hydrazine groups is 1. The third-order valence-electron chi connectivity index (χ3n) is 2.36. The van der Waals surface area contributed by atoms with Gasteiger partial charge in [-0.1, -0.05) is 6.92 Å². The Balaban J connectivity index is 3.05. The summed E-state index contributed by atoms with van der Waals surface area (Å²) in [6.45, 7) is 2.66. The van der Waals surface area contributed by atoms with E-state index in [0.717, 1.165) is 0 Å². The van der Waals surface area contributed by atoms with E-state index in [2.05, 4.69) is 15.4 Å². The minimum atomic E-state index is -4.27. The molecule has 0 saturated carbocycles. The molecule has 0 aliphatic rings. The van der Waals surface area contributed by atoms with Gasteiger partial charge in [0.05, 0.1) is 0 Å². The fraction of sp³-hybridized carbons (Fsp3) is 0.600. The number of nitrogens with one attached hydrogen (secondary N) is 1. The highest BCUT2D eigenvalue weighted by atomic mass is 19.4. The molecule has 3 N–H and O–H groups in total. The first-order valence-corrected chi connectivity index (χ1v) is 5.49. The molecule has 1 aromatic rings. The number of nitrogens with zero attached hydrogens (tertiary/aromatic N) is 3. The van der Waals surface area contributed by atoms with Gasteiger partial charge in [-0.2, -0.15) is 13.2 Å². The van der Waals surface area contributed by atoms with E-state index >= 15 is 0 Å². The Labute approximate surface area is 103 Å². The van der Waals surface area contributed by atoms with Crippen molar-refractivity contribution in [3.8, 4) is 0 Å². The molecule has 1 aromatic heterocycles. The number of hydrogen-bond acceptors (Lipinski definition) is 5. The van der Waals surface area contributed by atoms with Crippen molar-refractivity contribution in [3.63, 3.8) is 0 Å². The maximum atomic E-state index is 12.5. The minimum Gasteiger partial charge on any atom is -0.347 e. The second kappa shape index (κ2) is 5.85. The highest BCUT2D eigenvalue weighted by Gasteiger charge is 2.31. The van der Waals surface area contributed by atoms with Crippen LogP contribution in [0.1, 0.15) is 18.9 Å². The molecule has 1 rings (SSSR count). The molecule has 0 spiro atoms. The second-order valence-electron chi connectivity index (χ2n) is 3.85. The van der Waals surface area contributed by atoms with E-state index in [-0.39, 0.29) is 12.4 Å². The van der Waals surface area contributed by atoms with Gasteiger partial charge >= 0.3 is 6.18 Å². The summed E-state index contributed by atoms with van der Waals surface area (Å²) >= 11 is 0. The largest absolute Gasteiger partial charge is 0.405 e. The Kier molecular flexibility index (Phi) is 4.71. The fourth-order valence-electron chi connectivity index (χ4n) is 1.65. The number of nitrogen functional groups attached to an aromatic ring is 1. The van der Waals surface area contributed by atoms with E-state index in [4.69, 9.17) is 5.84 Å². The molecule has 18 heavy (non-hydrogen) atoms. The third kappa shape index (κ3) is 3.73. The van der Waals surface area contributed by atoms with Gasteiger partial charge in [-0.15, -0.1) is 0 Å². The number of halogens is 3. The molecule has 0 radical (unpaired) electrons. The number of hydrogen-bond donors (Lipinski definition) is 2. The number of anilines is 2. The fourth-order valence-corrected chi connectivity index (χ4v) is 1.65. The maximum absolute atomic E-state index is 12.5. The van der Waals surface area contributed by atoms with Crippen LogP contribution in [0.5, 0.6) is 0 Å². The van der Waals surface area contributed by atoms with Crippen LogP contribution in [-0.2, 0) is 0 Å². The quantitative estimate of drug-likeness (QED) is 0.627. The molecule has 0 amide bonds. The van der Waals surface area contributed by atoms with Crippen LogP contribution in [0.2, 0.25) is 0 Å². The highest BCUT2D eigenvalue weighted by Crippen LogP contribution is 2.25. The monoisotopic (exact) mass is 263 g/mol. The van der Waals surface area contributed by atoms with Gasteiger partial charge in [-0.05, 0) is 13.3 Å². The molecule has 0 atom stereocenters. The molecule has 1 heterocycles. The van der Waals surface area contributed by atoms with Crippen molar-refractivity contribution in [1.82, 2.24) is 9.97 Å². The summed E-state index contributed by atoms with van der Waals surface area (Å²) < 4.78 is 37.5. The van der Waals surface area contributed by atoms with Crippen LogP contribution in [0.25, 0.3) is 0 Å². The zero-order chi connectivity index (χ0) is 13.8. The molecule has 102 valence electrons. The molecule has 8 heteroatoms. The first-order valence-electron chi connectivity index (χ1n) is 5.49. The van der Waals surface area contributed by atoms with Crippen LogP contribution < -0.4 is 16.2 Å². The molecule has 0 aliphatic carbocycles. The molecule has 0 aromatic carbocycles.